The summed E-state index contributed by atoms with van der Waals surface area (Å²) in [5.41, 5.74) is 0. The molecule has 1 atom stereocenters. The number of amides is 2. The molecule has 0 aliphatic carbocycles. The second kappa shape index (κ2) is 5.18. The molecule has 0 saturated carbocycles. The van der Waals surface area contributed by atoms with E-state index in [9.17, 15) is 9.59 Å². The summed E-state index contributed by atoms with van der Waals surface area (Å²) >= 11 is 1.49. The van der Waals surface area contributed by atoms with Gasteiger partial charge in [-0.15, -0.1) is 11.3 Å². The van der Waals surface area contributed by atoms with Crippen molar-refractivity contribution in [2.75, 3.05) is 18.0 Å². The molecule has 1 aromatic rings. The summed E-state index contributed by atoms with van der Waals surface area (Å²) in [6, 6.07) is 3.76. The van der Waals surface area contributed by atoms with E-state index in [1.807, 2.05) is 17.5 Å². The van der Waals surface area contributed by atoms with Crippen molar-refractivity contribution in [2.45, 2.75) is 19.4 Å². The highest BCUT2D eigenvalue weighted by atomic mass is 32.1. The Morgan fingerprint density at radius 2 is 2.53 bits per heavy atom. The Labute approximate surface area is 103 Å². The maximum Gasteiger partial charge on any atom is 0.415 e. The molecule has 1 aliphatic rings. The van der Waals surface area contributed by atoms with Gasteiger partial charge < -0.3 is 10.1 Å². The number of anilines is 1. The van der Waals surface area contributed by atoms with Crippen LogP contribution < -0.4 is 10.2 Å². The van der Waals surface area contributed by atoms with Crippen molar-refractivity contribution in [3.8, 4) is 0 Å². The van der Waals surface area contributed by atoms with Gasteiger partial charge in [0.1, 0.15) is 11.1 Å². The van der Waals surface area contributed by atoms with Crippen LogP contribution in [-0.4, -0.2) is 31.2 Å². The van der Waals surface area contributed by atoms with Crippen LogP contribution >= 0.6 is 11.3 Å². The first-order valence-corrected chi connectivity index (χ1v) is 6.37. The topological polar surface area (TPSA) is 58.6 Å². The largest absolute Gasteiger partial charge is 0.442 e. The van der Waals surface area contributed by atoms with E-state index >= 15 is 0 Å². The summed E-state index contributed by atoms with van der Waals surface area (Å²) in [6.07, 6.45) is -0.168. The highest BCUT2D eigenvalue weighted by Gasteiger charge is 2.32. The average molecular weight is 254 g/mol. The summed E-state index contributed by atoms with van der Waals surface area (Å²) in [5, 5.41) is 5.51. The summed E-state index contributed by atoms with van der Waals surface area (Å²) in [5.74, 6) is -0.0318. The van der Waals surface area contributed by atoms with E-state index in [0.717, 1.165) is 5.00 Å². The van der Waals surface area contributed by atoms with E-state index in [1.165, 1.54) is 11.3 Å². The lowest BCUT2D eigenvalue weighted by Crippen LogP contribution is -2.34. The highest BCUT2D eigenvalue weighted by Crippen LogP contribution is 2.25. The summed E-state index contributed by atoms with van der Waals surface area (Å²) < 4.78 is 5.17. The fraction of sp³-hybridized carbons (Fsp3) is 0.455. The Bertz CT molecular complexity index is 405. The molecule has 1 saturated heterocycles. The monoisotopic (exact) mass is 254 g/mol. The predicted molar refractivity (Wildman–Crippen MR) is 65.2 cm³/mol. The third kappa shape index (κ3) is 2.76. The van der Waals surface area contributed by atoms with Gasteiger partial charge in [0.2, 0.25) is 5.91 Å². The molecule has 92 valence electrons. The number of ether oxygens (including phenoxy) is 1. The smallest absolute Gasteiger partial charge is 0.415 e. The lowest BCUT2D eigenvalue weighted by atomic mass is 10.3. The Hall–Kier alpha value is -1.56. The van der Waals surface area contributed by atoms with Crippen LogP contribution in [0.2, 0.25) is 0 Å². The number of nitrogens with zero attached hydrogens (tertiary/aromatic N) is 1. The molecule has 0 aromatic carbocycles. The van der Waals surface area contributed by atoms with E-state index in [-0.39, 0.29) is 18.1 Å². The van der Waals surface area contributed by atoms with Gasteiger partial charge in [0.25, 0.3) is 0 Å². The molecule has 0 spiro atoms. The standard InChI is InChI=1S/C11H14N2O3S/c1-2-9(14)12-6-8-7-13(11(15)16-8)10-4-3-5-17-10/h3-5,8H,2,6-7H2,1H3,(H,12,14). The van der Waals surface area contributed by atoms with Gasteiger partial charge in [-0.2, -0.15) is 0 Å². The molecule has 2 heterocycles. The zero-order chi connectivity index (χ0) is 12.3. The molecule has 0 radical (unpaired) electrons. The molecule has 1 fully saturated rings. The van der Waals surface area contributed by atoms with Crippen LogP contribution in [0.5, 0.6) is 0 Å². The Morgan fingerprint density at radius 1 is 1.71 bits per heavy atom. The van der Waals surface area contributed by atoms with Crippen LogP contribution in [0.4, 0.5) is 9.80 Å². The first-order valence-electron chi connectivity index (χ1n) is 5.49. The van der Waals surface area contributed by atoms with Crippen LogP contribution in [0.1, 0.15) is 13.3 Å². The van der Waals surface area contributed by atoms with Crippen LogP contribution in [-0.2, 0) is 9.53 Å². The average Bonchev–Trinajstić information content (AvgIpc) is 2.94. The van der Waals surface area contributed by atoms with Crippen LogP contribution in [0.25, 0.3) is 0 Å². The number of cyclic esters (lactones) is 1. The van der Waals surface area contributed by atoms with Gasteiger partial charge in [0, 0.05) is 6.42 Å². The minimum absolute atomic E-state index is 0.0318. The number of hydrogen-bond donors (Lipinski definition) is 1. The van der Waals surface area contributed by atoms with Gasteiger partial charge in [-0.3, -0.25) is 9.69 Å². The number of hydrogen-bond acceptors (Lipinski definition) is 4. The molecular weight excluding hydrogens is 240 g/mol. The van der Waals surface area contributed by atoms with Crippen molar-refractivity contribution in [3.05, 3.63) is 17.5 Å². The van der Waals surface area contributed by atoms with Crippen LogP contribution in [0.3, 0.4) is 0 Å². The maximum absolute atomic E-state index is 11.6. The van der Waals surface area contributed by atoms with Crippen molar-refractivity contribution in [1.82, 2.24) is 5.32 Å². The molecule has 1 aliphatic heterocycles. The second-order valence-electron chi connectivity index (χ2n) is 3.73. The fourth-order valence-corrected chi connectivity index (χ4v) is 2.31. The van der Waals surface area contributed by atoms with Crippen molar-refractivity contribution in [3.63, 3.8) is 0 Å². The van der Waals surface area contributed by atoms with Crippen molar-refractivity contribution >= 4 is 28.3 Å². The first kappa shape index (κ1) is 11.9. The molecule has 17 heavy (non-hydrogen) atoms. The third-order valence-electron chi connectivity index (χ3n) is 2.49. The number of carbonyl (C=O) groups excluding carboxylic acids is 2. The number of rotatable bonds is 4. The van der Waals surface area contributed by atoms with Gasteiger partial charge in [-0.25, -0.2) is 4.79 Å². The van der Waals surface area contributed by atoms with Gasteiger partial charge in [0.15, 0.2) is 0 Å². The fourth-order valence-electron chi connectivity index (χ4n) is 1.58. The molecular formula is C11H14N2O3S. The van der Waals surface area contributed by atoms with Crippen LogP contribution in [0, 0.1) is 0 Å². The van der Waals surface area contributed by atoms with Gasteiger partial charge >= 0.3 is 6.09 Å². The molecule has 1 unspecified atom stereocenters. The molecule has 2 rings (SSSR count). The molecule has 0 bridgehead atoms. The SMILES string of the molecule is CCC(=O)NCC1CN(c2cccs2)C(=O)O1. The molecule has 6 heteroatoms. The third-order valence-corrected chi connectivity index (χ3v) is 3.39. The molecule has 5 nitrogen and oxygen atoms in total. The quantitative estimate of drug-likeness (QED) is 0.887. The number of nitrogens with one attached hydrogen (secondary N) is 1. The Kier molecular flexibility index (Phi) is 3.63. The highest BCUT2D eigenvalue weighted by molar-refractivity contribution is 7.14. The summed E-state index contributed by atoms with van der Waals surface area (Å²) in [4.78, 5) is 24.3. The maximum atomic E-state index is 11.6. The number of carbonyl (C=O) groups is 2. The van der Waals surface area contributed by atoms with E-state index in [0.29, 0.717) is 19.5 Å². The van der Waals surface area contributed by atoms with Gasteiger partial charge in [-0.05, 0) is 17.5 Å². The zero-order valence-electron chi connectivity index (χ0n) is 9.51. The van der Waals surface area contributed by atoms with Crippen LogP contribution in [0.15, 0.2) is 17.5 Å². The van der Waals surface area contributed by atoms with Crippen molar-refractivity contribution in [1.29, 1.82) is 0 Å². The summed E-state index contributed by atoms with van der Waals surface area (Å²) in [6.45, 7) is 2.65. The molecule has 1 aromatic heterocycles. The lowest BCUT2D eigenvalue weighted by Gasteiger charge is -2.10. The zero-order valence-corrected chi connectivity index (χ0v) is 10.3. The van der Waals surface area contributed by atoms with Gasteiger partial charge in [0.05, 0.1) is 13.1 Å². The molecule has 1 N–H and O–H groups in total. The second-order valence-corrected chi connectivity index (χ2v) is 4.65. The van der Waals surface area contributed by atoms with Gasteiger partial charge in [-0.1, -0.05) is 6.92 Å². The first-order chi connectivity index (χ1) is 8.20. The predicted octanol–water partition coefficient (Wildman–Crippen LogP) is 1.60. The van der Waals surface area contributed by atoms with E-state index in [1.54, 1.807) is 11.8 Å². The van der Waals surface area contributed by atoms with Crippen molar-refractivity contribution in [2.24, 2.45) is 0 Å². The Morgan fingerprint density at radius 3 is 3.18 bits per heavy atom. The van der Waals surface area contributed by atoms with E-state index in [2.05, 4.69) is 5.32 Å². The summed E-state index contributed by atoms with van der Waals surface area (Å²) in [7, 11) is 0. The number of thiophene rings is 1. The lowest BCUT2D eigenvalue weighted by molar-refractivity contribution is -0.121. The normalized spacial score (nSPS) is 19.2. The minimum Gasteiger partial charge on any atom is -0.442 e. The van der Waals surface area contributed by atoms with E-state index in [4.69, 9.17) is 4.74 Å². The van der Waals surface area contributed by atoms with Crippen molar-refractivity contribution < 1.29 is 14.3 Å². The minimum atomic E-state index is -0.344. The molecule has 2 amide bonds. The van der Waals surface area contributed by atoms with E-state index < -0.39 is 0 Å². The Balaban J connectivity index is 1.89.